The zero-order valence-corrected chi connectivity index (χ0v) is 12.5. The van der Waals surface area contributed by atoms with Gasteiger partial charge in [0.2, 0.25) is 0 Å². The summed E-state index contributed by atoms with van der Waals surface area (Å²) < 4.78 is 0. The van der Waals surface area contributed by atoms with Crippen molar-refractivity contribution in [2.75, 3.05) is 0 Å². The topological polar surface area (TPSA) is 20.2 Å². The van der Waals surface area contributed by atoms with Gasteiger partial charge in [0.1, 0.15) is 0 Å². The minimum atomic E-state index is -0.0154. The smallest absolute Gasteiger partial charge is 0.0596 e. The van der Waals surface area contributed by atoms with Gasteiger partial charge < -0.3 is 5.11 Å². The molecular weight excluding hydrogens is 220 g/mol. The van der Waals surface area contributed by atoms with Gasteiger partial charge in [-0.25, -0.2) is 0 Å². The monoisotopic (exact) mass is 250 g/mol. The lowest BCUT2D eigenvalue weighted by Gasteiger charge is -2.46. The second-order valence-electron chi connectivity index (χ2n) is 8.17. The van der Waals surface area contributed by atoms with Gasteiger partial charge in [-0.3, -0.25) is 0 Å². The lowest BCUT2D eigenvalue weighted by Crippen LogP contribution is -2.42. The highest BCUT2D eigenvalue weighted by molar-refractivity contribution is 5.06. The normalized spacial score (nSPS) is 54.8. The molecule has 3 aliphatic carbocycles. The van der Waals surface area contributed by atoms with Crippen LogP contribution in [0.2, 0.25) is 0 Å². The van der Waals surface area contributed by atoms with Crippen LogP contribution in [0.3, 0.4) is 0 Å². The van der Waals surface area contributed by atoms with Gasteiger partial charge in [-0.1, -0.05) is 34.1 Å². The molecule has 0 amide bonds. The third-order valence-corrected chi connectivity index (χ3v) is 7.30. The molecule has 1 heteroatoms. The van der Waals surface area contributed by atoms with E-state index in [9.17, 15) is 5.11 Å². The molecule has 0 radical (unpaired) electrons. The highest BCUT2D eigenvalue weighted by atomic mass is 16.3. The molecule has 2 bridgehead atoms. The molecule has 3 aliphatic rings. The second kappa shape index (κ2) is 4.23. The predicted octanol–water partition coefficient (Wildman–Crippen LogP) is 4.10. The minimum Gasteiger partial charge on any atom is -0.393 e. The summed E-state index contributed by atoms with van der Waals surface area (Å²) in [5.74, 6) is 4.65. The van der Waals surface area contributed by atoms with Crippen LogP contribution in [0, 0.1) is 40.9 Å². The van der Waals surface area contributed by atoms with Crippen LogP contribution in [0.4, 0.5) is 0 Å². The Bertz CT molecular complexity index is 318. The molecule has 1 N–H and O–H groups in total. The Morgan fingerprint density at radius 1 is 0.944 bits per heavy atom. The summed E-state index contributed by atoms with van der Waals surface area (Å²) in [5.41, 5.74) is 0.548. The molecule has 3 rings (SSSR count). The first-order valence-corrected chi connectivity index (χ1v) is 8.11. The standard InChI is InChI=1S/C17H30O/c1-10-6-5-7-13(16(10)18)15-9-12-8-14(15)11(2)17(12,3)4/h10-16,18H,5-9H2,1-4H3/t10-,11+,12-,13+,14-,15+,16-/m1/s1. The van der Waals surface area contributed by atoms with Crippen molar-refractivity contribution >= 4 is 0 Å². The molecule has 0 aromatic carbocycles. The molecule has 3 saturated carbocycles. The first-order chi connectivity index (χ1) is 8.43. The van der Waals surface area contributed by atoms with Crippen LogP contribution in [-0.4, -0.2) is 11.2 Å². The van der Waals surface area contributed by atoms with Crippen LogP contribution in [0.1, 0.15) is 59.8 Å². The number of fused-ring (bicyclic) bond motifs is 2. The largest absolute Gasteiger partial charge is 0.393 e. The number of hydrogen-bond acceptors (Lipinski definition) is 1. The zero-order chi connectivity index (χ0) is 13.1. The SMILES string of the molecule is C[C@@H]1CCC[C@@H]([C@@H]2C[C@H]3C[C@@H]2[C@H](C)C3(C)C)[C@@H]1O. The third-order valence-electron chi connectivity index (χ3n) is 7.30. The molecule has 7 atom stereocenters. The maximum absolute atomic E-state index is 10.5. The van der Waals surface area contributed by atoms with Crippen LogP contribution in [0.5, 0.6) is 0 Å². The van der Waals surface area contributed by atoms with Crippen LogP contribution < -0.4 is 0 Å². The summed E-state index contributed by atoms with van der Waals surface area (Å²) in [6.45, 7) is 9.66. The molecule has 104 valence electrons. The Morgan fingerprint density at radius 2 is 1.61 bits per heavy atom. The fourth-order valence-electron chi connectivity index (χ4n) is 5.61. The molecule has 1 nitrogen and oxygen atoms in total. The quantitative estimate of drug-likeness (QED) is 0.743. The molecule has 0 aromatic rings. The van der Waals surface area contributed by atoms with E-state index in [-0.39, 0.29) is 6.10 Å². The van der Waals surface area contributed by atoms with Gasteiger partial charge in [0, 0.05) is 0 Å². The van der Waals surface area contributed by atoms with E-state index in [1.54, 1.807) is 0 Å². The van der Waals surface area contributed by atoms with E-state index >= 15 is 0 Å². The van der Waals surface area contributed by atoms with Gasteiger partial charge in [-0.2, -0.15) is 0 Å². The van der Waals surface area contributed by atoms with Gasteiger partial charge in [0.05, 0.1) is 6.10 Å². The maximum atomic E-state index is 10.5. The van der Waals surface area contributed by atoms with Crippen molar-refractivity contribution in [2.24, 2.45) is 40.9 Å². The van der Waals surface area contributed by atoms with Crippen molar-refractivity contribution in [3.63, 3.8) is 0 Å². The van der Waals surface area contributed by atoms with Crippen molar-refractivity contribution in [3.05, 3.63) is 0 Å². The van der Waals surface area contributed by atoms with E-state index in [4.69, 9.17) is 0 Å². The van der Waals surface area contributed by atoms with E-state index in [0.717, 1.165) is 23.7 Å². The van der Waals surface area contributed by atoms with E-state index in [0.29, 0.717) is 17.3 Å². The maximum Gasteiger partial charge on any atom is 0.0596 e. The van der Waals surface area contributed by atoms with E-state index < -0.39 is 0 Å². The van der Waals surface area contributed by atoms with E-state index in [1.165, 1.54) is 32.1 Å². The van der Waals surface area contributed by atoms with E-state index in [2.05, 4.69) is 27.7 Å². The first kappa shape index (κ1) is 13.0. The van der Waals surface area contributed by atoms with Crippen LogP contribution in [0.15, 0.2) is 0 Å². The molecule has 0 heterocycles. The molecule has 0 aliphatic heterocycles. The summed E-state index contributed by atoms with van der Waals surface area (Å²) in [6, 6.07) is 0. The predicted molar refractivity (Wildman–Crippen MR) is 75.2 cm³/mol. The average Bonchev–Trinajstić information content (AvgIpc) is 2.83. The van der Waals surface area contributed by atoms with Crippen molar-refractivity contribution < 1.29 is 5.11 Å². The number of aliphatic hydroxyl groups excluding tert-OH is 1. The fourth-order valence-corrected chi connectivity index (χ4v) is 5.61. The van der Waals surface area contributed by atoms with Crippen molar-refractivity contribution in [1.82, 2.24) is 0 Å². The zero-order valence-electron chi connectivity index (χ0n) is 12.5. The average molecular weight is 250 g/mol. The molecule has 3 fully saturated rings. The summed E-state index contributed by atoms with van der Waals surface area (Å²) in [5, 5.41) is 10.5. The van der Waals surface area contributed by atoms with Gasteiger partial charge in [-0.15, -0.1) is 0 Å². The minimum absolute atomic E-state index is 0.0154. The highest BCUT2D eigenvalue weighted by Crippen LogP contribution is 2.64. The van der Waals surface area contributed by atoms with Crippen molar-refractivity contribution in [3.8, 4) is 0 Å². The third kappa shape index (κ3) is 1.69. The van der Waals surface area contributed by atoms with E-state index in [1.807, 2.05) is 0 Å². The van der Waals surface area contributed by atoms with Crippen LogP contribution >= 0.6 is 0 Å². The summed E-state index contributed by atoms with van der Waals surface area (Å²) in [6.07, 6.45) is 6.69. The van der Waals surface area contributed by atoms with Gasteiger partial charge in [-0.05, 0) is 66.6 Å². The molecule has 18 heavy (non-hydrogen) atoms. The Labute approximate surface area is 112 Å². The summed E-state index contributed by atoms with van der Waals surface area (Å²) >= 11 is 0. The Hall–Kier alpha value is -0.0400. The van der Waals surface area contributed by atoms with Gasteiger partial charge >= 0.3 is 0 Å². The fraction of sp³-hybridized carbons (Fsp3) is 1.00. The molecule has 0 saturated heterocycles. The Balaban J connectivity index is 1.76. The van der Waals surface area contributed by atoms with Gasteiger partial charge in [0.25, 0.3) is 0 Å². The van der Waals surface area contributed by atoms with Crippen LogP contribution in [-0.2, 0) is 0 Å². The van der Waals surface area contributed by atoms with Crippen LogP contribution in [0.25, 0.3) is 0 Å². The van der Waals surface area contributed by atoms with Crippen molar-refractivity contribution in [1.29, 1.82) is 0 Å². The summed E-state index contributed by atoms with van der Waals surface area (Å²) in [7, 11) is 0. The lowest BCUT2D eigenvalue weighted by atomic mass is 9.60. The first-order valence-electron chi connectivity index (χ1n) is 8.11. The highest BCUT2D eigenvalue weighted by Gasteiger charge is 2.57. The Kier molecular flexibility index (Phi) is 3.05. The molecule has 0 spiro atoms. The molecular formula is C17H30O. The number of hydrogen-bond donors (Lipinski definition) is 1. The number of rotatable bonds is 1. The molecule has 0 aromatic heterocycles. The Morgan fingerprint density at radius 3 is 2.22 bits per heavy atom. The second-order valence-corrected chi connectivity index (χ2v) is 8.17. The van der Waals surface area contributed by atoms with Gasteiger partial charge in [0.15, 0.2) is 0 Å². The molecule has 0 unspecified atom stereocenters. The number of aliphatic hydroxyl groups is 1. The summed E-state index contributed by atoms with van der Waals surface area (Å²) in [4.78, 5) is 0. The van der Waals surface area contributed by atoms with Crippen molar-refractivity contribution in [2.45, 2.75) is 65.9 Å². The lowest BCUT2D eigenvalue weighted by molar-refractivity contribution is -0.0365.